The van der Waals surface area contributed by atoms with Gasteiger partial charge in [-0.15, -0.1) is 22.7 Å². The Balaban J connectivity index is 1.95. The van der Waals surface area contributed by atoms with Gasteiger partial charge >= 0.3 is 7.12 Å². The molecule has 112 valence electrons. The lowest BCUT2D eigenvalue weighted by molar-refractivity contribution is 0.00578. The first-order chi connectivity index (χ1) is 9.71. The van der Waals surface area contributed by atoms with Crippen LogP contribution in [0, 0.1) is 13.8 Å². The van der Waals surface area contributed by atoms with E-state index in [-0.39, 0.29) is 18.3 Å². The van der Waals surface area contributed by atoms with Crippen molar-refractivity contribution in [3.63, 3.8) is 0 Å². The Labute approximate surface area is 135 Å². The molecule has 5 heteroatoms. The van der Waals surface area contributed by atoms with Crippen LogP contribution in [-0.2, 0) is 9.31 Å². The number of thiophene rings is 2. The molecule has 0 spiro atoms. The molecule has 0 aromatic carbocycles. The lowest BCUT2D eigenvalue weighted by Crippen LogP contribution is -2.41. The van der Waals surface area contributed by atoms with Gasteiger partial charge in [0.1, 0.15) is 0 Å². The molecule has 0 bridgehead atoms. The summed E-state index contributed by atoms with van der Waals surface area (Å²) in [5.41, 5.74) is 2.02. The van der Waals surface area contributed by atoms with Crippen LogP contribution >= 0.6 is 22.7 Å². The van der Waals surface area contributed by atoms with Gasteiger partial charge in [-0.05, 0) is 70.2 Å². The molecule has 2 nitrogen and oxygen atoms in total. The number of hydrogen-bond donors (Lipinski definition) is 0. The van der Waals surface area contributed by atoms with Gasteiger partial charge in [0, 0.05) is 14.5 Å². The minimum Gasteiger partial charge on any atom is -0.399 e. The van der Waals surface area contributed by atoms with Gasteiger partial charge in [-0.2, -0.15) is 0 Å². The molecule has 3 heterocycles. The van der Waals surface area contributed by atoms with Crippen molar-refractivity contribution >= 4 is 34.6 Å². The summed E-state index contributed by atoms with van der Waals surface area (Å²) in [5.74, 6) is 0. The molecule has 2 aromatic heterocycles. The summed E-state index contributed by atoms with van der Waals surface area (Å²) in [5, 5.41) is 2.15. The second-order valence-electron chi connectivity index (χ2n) is 6.68. The maximum absolute atomic E-state index is 6.18. The normalized spacial score (nSPS) is 20.2. The fraction of sp³-hybridized carbons (Fsp3) is 0.500. The predicted molar refractivity (Wildman–Crippen MR) is 92.8 cm³/mol. The average Bonchev–Trinajstić information content (AvgIpc) is 2.98. The van der Waals surface area contributed by atoms with E-state index >= 15 is 0 Å². The summed E-state index contributed by atoms with van der Waals surface area (Å²) >= 11 is 3.59. The topological polar surface area (TPSA) is 18.5 Å². The van der Waals surface area contributed by atoms with E-state index in [1.165, 1.54) is 25.7 Å². The summed E-state index contributed by atoms with van der Waals surface area (Å²) < 4.78 is 13.6. The van der Waals surface area contributed by atoms with Crippen LogP contribution in [0.5, 0.6) is 0 Å². The zero-order valence-corrected chi connectivity index (χ0v) is 15.1. The van der Waals surface area contributed by atoms with E-state index in [1.807, 2.05) is 0 Å². The van der Waals surface area contributed by atoms with E-state index in [2.05, 4.69) is 59.1 Å². The van der Waals surface area contributed by atoms with Gasteiger partial charge in [0.2, 0.25) is 0 Å². The van der Waals surface area contributed by atoms with E-state index in [1.54, 1.807) is 22.7 Å². The van der Waals surface area contributed by atoms with Gasteiger partial charge in [0.05, 0.1) is 11.2 Å². The molecule has 0 saturated carbocycles. The highest BCUT2D eigenvalue weighted by Crippen LogP contribution is 2.39. The van der Waals surface area contributed by atoms with Gasteiger partial charge in [-0.1, -0.05) is 0 Å². The minimum absolute atomic E-state index is 0.256. The third kappa shape index (κ3) is 2.50. The Morgan fingerprint density at radius 3 is 2.14 bits per heavy atom. The molecule has 0 radical (unpaired) electrons. The largest absolute Gasteiger partial charge is 0.505 e. The molecule has 1 aliphatic rings. The fourth-order valence-corrected chi connectivity index (χ4v) is 4.66. The van der Waals surface area contributed by atoms with E-state index in [9.17, 15) is 0 Å². The summed E-state index contributed by atoms with van der Waals surface area (Å²) in [7, 11) is -0.256. The molecule has 0 unspecified atom stereocenters. The van der Waals surface area contributed by atoms with Crippen molar-refractivity contribution < 1.29 is 9.31 Å². The van der Waals surface area contributed by atoms with Crippen LogP contribution in [0.1, 0.15) is 38.8 Å². The molecule has 0 atom stereocenters. The first kappa shape index (κ1) is 15.3. The molecule has 0 aliphatic carbocycles. The average molecular weight is 320 g/mol. The van der Waals surface area contributed by atoms with Crippen molar-refractivity contribution in [3.05, 3.63) is 28.6 Å². The molecule has 1 aliphatic heterocycles. The third-order valence-corrected chi connectivity index (χ3v) is 6.96. The molecule has 0 amide bonds. The molecule has 2 aromatic rings. The van der Waals surface area contributed by atoms with Crippen LogP contribution in [0.3, 0.4) is 0 Å². The molecular formula is C16H21BO2S2. The van der Waals surface area contributed by atoms with Gasteiger partial charge in [0.15, 0.2) is 0 Å². The van der Waals surface area contributed by atoms with Crippen molar-refractivity contribution in [2.45, 2.75) is 52.7 Å². The Morgan fingerprint density at radius 1 is 1.00 bits per heavy atom. The first-order valence-corrected chi connectivity index (χ1v) is 8.91. The lowest BCUT2D eigenvalue weighted by Gasteiger charge is -2.32. The highest BCUT2D eigenvalue weighted by atomic mass is 32.1. The highest BCUT2D eigenvalue weighted by Gasteiger charge is 2.52. The van der Waals surface area contributed by atoms with Crippen LogP contribution in [0.25, 0.3) is 9.75 Å². The second kappa shape index (κ2) is 4.95. The zero-order valence-electron chi connectivity index (χ0n) is 13.4. The molecule has 1 saturated heterocycles. The Bertz CT molecular complexity index is 654. The van der Waals surface area contributed by atoms with Crippen molar-refractivity contribution in [2.24, 2.45) is 0 Å². The molecule has 3 rings (SSSR count). The van der Waals surface area contributed by atoms with Crippen LogP contribution in [0.4, 0.5) is 0 Å². The number of hydrogen-bond acceptors (Lipinski definition) is 4. The van der Waals surface area contributed by atoms with Gasteiger partial charge in [-0.3, -0.25) is 0 Å². The smallest absolute Gasteiger partial charge is 0.399 e. The van der Waals surface area contributed by atoms with Gasteiger partial charge in [0.25, 0.3) is 0 Å². The monoisotopic (exact) mass is 320 g/mol. The standard InChI is InChI=1S/C16H21BO2S2/c1-10-7-8-20-13(10)12-9-11(2)14(21-12)17-18-15(3,4)16(5,6)19-17/h7-9H,1-6H3. The van der Waals surface area contributed by atoms with Gasteiger partial charge < -0.3 is 9.31 Å². The minimum atomic E-state index is -0.285. The predicted octanol–water partition coefficient (Wildman–Crippen LogP) is 4.39. The fourth-order valence-electron chi connectivity index (χ4n) is 2.42. The number of rotatable bonds is 2. The van der Waals surface area contributed by atoms with Crippen molar-refractivity contribution in [1.29, 1.82) is 0 Å². The Hall–Kier alpha value is -0.615. The second-order valence-corrected chi connectivity index (χ2v) is 8.68. The summed E-state index contributed by atoms with van der Waals surface area (Å²) in [6.07, 6.45) is 0. The first-order valence-electron chi connectivity index (χ1n) is 7.22. The van der Waals surface area contributed by atoms with Crippen LogP contribution in [0.15, 0.2) is 17.5 Å². The zero-order chi connectivity index (χ0) is 15.4. The molecule has 0 N–H and O–H groups in total. The summed E-state index contributed by atoms with van der Waals surface area (Å²) in [4.78, 5) is 2.66. The van der Waals surface area contributed by atoms with Crippen LogP contribution in [-0.4, -0.2) is 18.3 Å². The number of aryl methyl sites for hydroxylation is 2. The molecule has 1 fully saturated rings. The quantitative estimate of drug-likeness (QED) is 0.764. The Kier molecular flexibility index (Phi) is 3.60. The van der Waals surface area contributed by atoms with Gasteiger partial charge in [-0.25, -0.2) is 0 Å². The summed E-state index contributed by atoms with van der Waals surface area (Å²) in [6, 6.07) is 4.42. The van der Waals surface area contributed by atoms with Crippen LogP contribution < -0.4 is 4.78 Å². The summed E-state index contributed by atoms with van der Waals surface area (Å²) in [6.45, 7) is 12.7. The lowest BCUT2D eigenvalue weighted by atomic mass is 9.85. The van der Waals surface area contributed by atoms with Crippen molar-refractivity contribution in [3.8, 4) is 9.75 Å². The van der Waals surface area contributed by atoms with E-state index < -0.39 is 0 Å². The Morgan fingerprint density at radius 2 is 1.62 bits per heavy atom. The highest BCUT2D eigenvalue weighted by molar-refractivity contribution is 7.28. The SMILES string of the molecule is Cc1cc(-c2sccc2C)sc1B1OC(C)(C)C(C)(C)O1. The molecular weight excluding hydrogens is 299 g/mol. The van der Waals surface area contributed by atoms with E-state index in [0.29, 0.717) is 0 Å². The molecule has 21 heavy (non-hydrogen) atoms. The van der Waals surface area contributed by atoms with Crippen LogP contribution in [0.2, 0.25) is 0 Å². The maximum Gasteiger partial charge on any atom is 0.505 e. The van der Waals surface area contributed by atoms with Crippen molar-refractivity contribution in [1.82, 2.24) is 0 Å². The third-order valence-electron chi connectivity index (χ3n) is 4.51. The van der Waals surface area contributed by atoms with Crippen molar-refractivity contribution in [2.75, 3.05) is 0 Å². The van der Waals surface area contributed by atoms with E-state index in [4.69, 9.17) is 9.31 Å². The van der Waals surface area contributed by atoms with E-state index in [0.717, 1.165) is 0 Å². The maximum atomic E-state index is 6.18.